The van der Waals surface area contributed by atoms with Crippen molar-refractivity contribution in [2.45, 2.75) is 39.3 Å². The van der Waals surface area contributed by atoms with Gasteiger partial charge in [0.15, 0.2) is 5.96 Å². The van der Waals surface area contributed by atoms with Crippen molar-refractivity contribution in [3.05, 3.63) is 66.0 Å². The van der Waals surface area contributed by atoms with Crippen LogP contribution in [-0.2, 0) is 13.0 Å². The molecule has 1 heterocycles. The zero-order chi connectivity index (χ0) is 19.3. The Balaban J connectivity index is 0.00000392. The van der Waals surface area contributed by atoms with Gasteiger partial charge in [0.1, 0.15) is 0 Å². The van der Waals surface area contributed by atoms with E-state index < -0.39 is 0 Å². The molecule has 1 aromatic heterocycles. The van der Waals surface area contributed by atoms with Crippen LogP contribution in [0.5, 0.6) is 0 Å². The molecular formula is C22H34IN5. The largest absolute Gasteiger partial charge is 0.357 e. The van der Waals surface area contributed by atoms with Crippen LogP contribution in [0.1, 0.15) is 31.5 Å². The Labute approximate surface area is 187 Å². The molecule has 28 heavy (non-hydrogen) atoms. The summed E-state index contributed by atoms with van der Waals surface area (Å²) in [7, 11) is 2.18. The molecule has 154 valence electrons. The highest BCUT2D eigenvalue weighted by Gasteiger charge is 2.09. The number of halogens is 1. The van der Waals surface area contributed by atoms with E-state index in [1.165, 1.54) is 5.56 Å². The molecule has 0 saturated heterocycles. The lowest BCUT2D eigenvalue weighted by atomic mass is 10.1. The van der Waals surface area contributed by atoms with E-state index in [0.29, 0.717) is 6.04 Å². The summed E-state index contributed by atoms with van der Waals surface area (Å²) in [5, 5.41) is 6.71. The van der Waals surface area contributed by atoms with Crippen molar-refractivity contribution in [3.8, 4) is 0 Å². The number of rotatable bonds is 10. The molecule has 1 aromatic carbocycles. The lowest BCUT2D eigenvalue weighted by Gasteiger charge is -2.24. The SMILES string of the molecule is CCNC(=NCCC(C)N(C)Cc1ccccc1)NCCc1ccccn1.I. The van der Waals surface area contributed by atoms with Gasteiger partial charge in [0, 0.05) is 50.5 Å². The smallest absolute Gasteiger partial charge is 0.191 e. The second-order valence-corrected chi connectivity index (χ2v) is 6.80. The molecule has 2 N–H and O–H groups in total. The van der Waals surface area contributed by atoms with Gasteiger partial charge in [-0.15, -0.1) is 24.0 Å². The van der Waals surface area contributed by atoms with E-state index in [1.807, 2.05) is 18.3 Å². The van der Waals surface area contributed by atoms with Crippen molar-refractivity contribution in [2.24, 2.45) is 4.99 Å². The van der Waals surface area contributed by atoms with Crippen LogP contribution < -0.4 is 10.6 Å². The molecule has 1 atom stereocenters. The van der Waals surface area contributed by atoms with Gasteiger partial charge >= 0.3 is 0 Å². The van der Waals surface area contributed by atoms with Crippen LogP contribution in [0.4, 0.5) is 0 Å². The minimum Gasteiger partial charge on any atom is -0.357 e. The normalized spacial score (nSPS) is 12.4. The summed E-state index contributed by atoms with van der Waals surface area (Å²) in [6.07, 6.45) is 3.75. The quantitative estimate of drug-likeness (QED) is 0.300. The predicted molar refractivity (Wildman–Crippen MR) is 129 cm³/mol. The summed E-state index contributed by atoms with van der Waals surface area (Å²) in [6.45, 7) is 7.81. The van der Waals surface area contributed by atoms with Crippen LogP contribution in [-0.4, -0.2) is 48.6 Å². The highest BCUT2D eigenvalue weighted by Crippen LogP contribution is 2.08. The van der Waals surface area contributed by atoms with E-state index in [-0.39, 0.29) is 24.0 Å². The molecule has 6 heteroatoms. The standard InChI is InChI=1S/C22H33N5.HI/c1-4-23-22(26-17-14-21-12-8-9-15-24-21)25-16-13-19(2)27(3)18-20-10-6-5-7-11-20;/h5-12,15,19H,4,13-14,16-18H2,1-3H3,(H2,23,25,26);1H. The first kappa shape index (κ1) is 24.4. The first-order valence-corrected chi connectivity index (χ1v) is 9.85. The maximum Gasteiger partial charge on any atom is 0.191 e. The molecule has 0 aliphatic heterocycles. The summed E-state index contributed by atoms with van der Waals surface area (Å²) in [5.74, 6) is 0.881. The molecule has 0 aliphatic carbocycles. The summed E-state index contributed by atoms with van der Waals surface area (Å²) >= 11 is 0. The molecule has 0 radical (unpaired) electrons. The van der Waals surface area contributed by atoms with Crippen LogP contribution in [0, 0.1) is 0 Å². The fourth-order valence-electron chi connectivity index (χ4n) is 2.81. The van der Waals surface area contributed by atoms with Gasteiger partial charge in [0.05, 0.1) is 0 Å². The lowest BCUT2D eigenvalue weighted by Crippen LogP contribution is -2.38. The van der Waals surface area contributed by atoms with Crippen molar-refractivity contribution in [2.75, 3.05) is 26.7 Å². The molecule has 0 saturated carbocycles. The number of nitrogens with zero attached hydrogens (tertiary/aromatic N) is 3. The van der Waals surface area contributed by atoms with Crippen LogP contribution in [0.15, 0.2) is 59.7 Å². The van der Waals surface area contributed by atoms with E-state index in [0.717, 1.165) is 50.7 Å². The van der Waals surface area contributed by atoms with Crippen LogP contribution in [0.3, 0.4) is 0 Å². The topological polar surface area (TPSA) is 52.6 Å². The third-order valence-electron chi connectivity index (χ3n) is 4.59. The van der Waals surface area contributed by atoms with Gasteiger partial charge in [-0.05, 0) is 45.0 Å². The van der Waals surface area contributed by atoms with Crippen LogP contribution >= 0.6 is 24.0 Å². The molecule has 2 aromatic rings. The molecule has 0 bridgehead atoms. The maximum atomic E-state index is 4.72. The Morgan fingerprint density at radius 3 is 2.54 bits per heavy atom. The predicted octanol–water partition coefficient (Wildman–Crippen LogP) is 3.71. The third-order valence-corrected chi connectivity index (χ3v) is 4.59. The fourth-order valence-corrected chi connectivity index (χ4v) is 2.81. The first-order chi connectivity index (χ1) is 13.2. The van der Waals surface area contributed by atoms with Gasteiger partial charge in [-0.25, -0.2) is 0 Å². The van der Waals surface area contributed by atoms with Gasteiger partial charge < -0.3 is 10.6 Å². The number of aliphatic imine (C=N–C) groups is 1. The Bertz CT molecular complexity index is 663. The van der Waals surface area contributed by atoms with Gasteiger partial charge in [0.2, 0.25) is 0 Å². The summed E-state index contributed by atoms with van der Waals surface area (Å²) in [6, 6.07) is 17.1. The maximum absolute atomic E-state index is 4.72. The van der Waals surface area contributed by atoms with Crippen molar-refractivity contribution >= 4 is 29.9 Å². The number of nitrogens with one attached hydrogen (secondary N) is 2. The third kappa shape index (κ3) is 9.50. The molecule has 0 spiro atoms. The van der Waals surface area contributed by atoms with Crippen molar-refractivity contribution in [3.63, 3.8) is 0 Å². The summed E-state index contributed by atoms with van der Waals surface area (Å²) < 4.78 is 0. The Kier molecular flexibility index (Phi) is 12.5. The van der Waals surface area contributed by atoms with E-state index in [4.69, 9.17) is 4.99 Å². The van der Waals surface area contributed by atoms with E-state index in [2.05, 4.69) is 77.8 Å². The average molecular weight is 495 g/mol. The zero-order valence-electron chi connectivity index (χ0n) is 17.3. The fraction of sp³-hybridized carbons (Fsp3) is 0.455. The van der Waals surface area contributed by atoms with Gasteiger partial charge in [-0.2, -0.15) is 0 Å². The molecule has 1 unspecified atom stereocenters. The van der Waals surface area contributed by atoms with Gasteiger partial charge in [-0.3, -0.25) is 14.9 Å². The van der Waals surface area contributed by atoms with E-state index >= 15 is 0 Å². The Morgan fingerprint density at radius 2 is 1.86 bits per heavy atom. The zero-order valence-corrected chi connectivity index (χ0v) is 19.6. The van der Waals surface area contributed by atoms with Crippen molar-refractivity contribution in [1.82, 2.24) is 20.5 Å². The summed E-state index contributed by atoms with van der Waals surface area (Å²) in [4.78, 5) is 11.5. The lowest BCUT2D eigenvalue weighted by molar-refractivity contribution is 0.240. The minimum atomic E-state index is 0. The molecular weight excluding hydrogens is 461 g/mol. The number of aromatic nitrogens is 1. The van der Waals surface area contributed by atoms with Gasteiger partial charge in [-0.1, -0.05) is 36.4 Å². The number of benzene rings is 1. The summed E-state index contributed by atoms with van der Waals surface area (Å²) in [5.41, 5.74) is 2.44. The number of guanidine groups is 1. The number of hydrogen-bond acceptors (Lipinski definition) is 3. The molecule has 0 amide bonds. The Hall–Kier alpha value is -1.67. The molecule has 2 rings (SSSR count). The molecule has 5 nitrogen and oxygen atoms in total. The Morgan fingerprint density at radius 1 is 1.11 bits per heavy atom. The number of hydrogen-bond donors (Lipinski definition) is 2. The van der Waals surface area contributed by atoms with Crippen molar-refractivity contribution in [1.29, 1.82) is 0 Å². The van der Waals surface area contributed by atoms with Crippen LogP contribution in [0.25, 0.3) is 0 Å². The minimum absolute atomic E-state index is 0. The number of pyridine rings is 1. The van der Waals surface area contributed by atoms with E-state index in [1.54, 1.807) is 0 Å². The molecule has 0 aliphatic rings. The second-order valence-electron chi connectivity index (χ2n) is 6.80. The average Bonchev–Trinajstić information content (AvgIpc) is 2.69. The van der Waals surface area contributed by atoms with E-state index in [9.17, 15) is 0 Å². The van der Waals surface area contributed by atoms with Crippen molar-refractivity contribution < 1.29 is 0 Å². The molecule has 0 fully saturated rings. The highest BCUT2D eigenvalue weighted by atomic mass is 127. The first-order valence-electron chi connectivity index (χ1n) is 9.85. The highest BCUT2D eigenvalue weighted by molar-refractivity contribution is 14.0. The van der Waals surface area contributed by atoms with Gasteiger partial charge in [0.25, 0.3) is 0 Å². The van der Waals surface area contributed by atoms with Crippen LogP contribution in [0.2, 0.25) is 0 Å². The monoisotopic (exact) mass is 495 g/mol. The second kappa shape index (κ2) is 14.3.